The van der Waals surface area contributed by atoms with Crippen LogP contribution in [0.4, 0.5) is 0 Å². The van der Waals surface area contributed by atoms with Gasteiger partial charge in [0.2, 0.25) is 0 Å². The summed E-state index contributed by atoms with van der Waals surface area (Å²) in [6.45, 7) is 103. The first-order valence-electron chi connectivity index (χ1n) is 56.1. The molecule has 10 rings (SSSR count). The Labute approximate surface area is 869 Å². The van der Waals surface area contributed by atoms with Gasteiger partial charge in [-0.1, -0.05) is 531 Å². The molecule has 0 radical (unpaired) electrons. The monoisotopic (exact) mass is 1900 g/mol. The van der Waals surface area contributed by atoms with E-state index in [1.807, 2.05) is 18.3 Å². The van der Waals surface area contributed by atoms with E-state index in [1.54, 1.807) is 0 Å². The standard InChI is InChI=1S/3C14H22.3C13H20.C13H26.C13H20.C12H24.C11H17N.C8H18/c1-11-6-8-13(9-7-11)12(2)10-14(3,4)5;2*1-11-6-7-13(12(2)10-11)8-9-14(3,4)5;1-11-5-7-12(8-6-11)9-10-13(2,3)4;1-11-6-5-7-12(10-11)8-9-13(2,3)4;1-11-7-5-6-8-12(11)9-10-13(2,3)4;2*1-11(10-13(2,3)4)12-8-6-5-7-9-12;1-12(2,3)10-9-11-7-5-4-6-8-11;1-11(2,3)8-7-10-6-4-5-9-12-10;1-5-6-7-8(2,3)4/h6-9,12H,10H2,1-5H3;2*6-7,10H,8-9H2,1-5H3;5-8H,9-10H2,1-4H3;5-7,10H,8-9H2,1-4H3;5-8H,9-10H2,1-4H3;11-12H,5-10H2,1-4H3;5-9,11H,10H2,1-4H3;11H,4-10H2,1-3H3;4-6,9H,7-8H2,1-3H3;5-7H2,1-4H3. The van der Waals surface area contributed by atoms with Crippen LogP contribution in [0.15, 0.2) is 188 Å². The fraction of sp³-hybridized carbons (Fsp3) is 0.659. The Morgan fingerprint density at radius 3 is 0.978 bits per heavy atom. The van der Waals surface area contributed by atoms with Crippen molar-refractivity contribution in [3.63, 3.8) is 0 Å². The number of hydrogen-bond donors (Lipinski definition) is 0. The highest BCUT2D eigenvalue weighted by Crippen LogP contribution is 2.39. The fourth-order valence-electron chi connectivity index (χ4n) is 17.8. The molecule has 1 heterocycles. The molecule has 0 amide bonds. The van der Waals surface area contributed by atoms with Crippen molar-refractivity contribution >= 4 is 0 Å². The molecular weight excluding hydrogens is 1670 g/mol. The van der Waals surface area contributed by atoms with Gasteiger partial charge in [-0.3, -0.25) is 4.98 Å². The largest absolute Gasteiger partial charge is 0.261 e. The Morgan fingerprint density at radius 2 is 0.612 bits per heavy atom. The molecule has 2 aliphatic rings. The van der Waals surface area contributed by atoms with Gasteiger partial charge < -0.3 is 0 Å². The molecule has 788 valence electrons. The molecular formula is C138H231N. The molecule has 1 heteroatoms. The maximum absolute atomic E-state index is 4.28. The number of aryl methyl sites for hydroxylation is 14. The Hall–Kier alpha value is -6.31. The lowest BCUT2D eigenvalue weighted by molar-refractivity contribution is 0.196. The van der Waals surface area contributed by atoms with Crippen molar-refractivity contribution in [2.75, 3.05) is 0 Å². The maximum atomic E-state index is 4.28. The summed E-state index contributed by atoms with van der Waals surface area (Å²) < 4.78 is 0. The van der Waals surface area contributed by atoms with E-state index in [-0.39, 0.29) is 0 Å². The smallest absolute Gasteiger partial charge is 0.0403 e. The third kappa shape index (κ3) is 79.7. The zero-order chi connectivity index (χ0) is 106. The van der Waals surface area contributed by atoms with Crippen molar-refractivity contribution in [1.29, 1.82) is 0 Å². The summed E-state index contributed by atoms with van der Waals surface area (Å²) in [6, 6.07) is 65.6. The summed E-state index contributed by atoms with van der Waals surface area (Å²) in [6.07, 6.45) is 42.3. The zero-order valence-corrected chi connectivity index (χ0v) is 101. The van der Waals surface area contributed by atoms with Crippen molar-refractivity contribution in [3.05, 3.63) is 277 Å². The Kier molecular flexibility index (Phi) is 62.9. The molecule has 3 unspecified atom stereocenters. The van der Waals surface area contributed by atoms with Gasteiger partial charge in [-0.25, -0.2) is 0 Å². The van der Waals surface area contributed by atoms with E-state index in [2.05, 4.69) is 486 Å². The fourth-order valence-corrected chi connectivity index (χ4v) is 17.8. The average Bonchev–Trinajstić information content (AvgIpc) is 0.870. The molecule has 1 nitrogen and oxygen atoms in total. The number of unbranched alkanes of at least 4 members (excludes halogenated alkanes) is 1. The summed E-state index contributed by atoms with van der Waals surface area (Å²) in [4.78, 5) is 4.28. The molecule has 0 aliphatic heterocycles. The summed E-state index contributed by atoms with van der Waals surface area (Å²) in [5.74, 6) is 4.38. The van der Waals surface area contributed by atoms with Crippen LogP contribution in [-0.2, 0) is 38.5 Å². The Balaban J connectivity index is 0.00000151. The van der Waals surface area contributed by atoms with E-state index in [4.69, 9.17) is 0 Å². The molecule has 0 saturated heterocycles. The molecule has 2 aliphatic carbocycles. The molecule has 0 N–H and O–H groups in total. The highest BCUT2D eigenvalue weighted by Gasteiger charge is 2.26. The van der Waals surface area contributed by atoms with Crippen molar-refractivity contribution in [2.24, 2.45) is 77.3 Å². The van der Waals surface area contributed by atoms with Crippen LogP contribution >= 0.6 is 0 Å². The van der Waals surface area contributed by atoms with Gasteiger partial charge in [-0.15, -0.1) is 0 Å². The molecule has 7 aromatic carbocycles. The first kappa shape index (κ1) is 133. The number of rotatable bonds is 22. The van der Waals surface area contributed by atoms with Crippen molar-refractivity contribution in [2.45, 2.75) is 516 Å². The van der Waals surface area contributed by atoms with E-state index in [0.717, 1.165) is 24.2 Å². The van der Waals surface area contributed by atoms with Gasteiger partial charge in [0.25, 0.3) is 0 Å². The van der Waals surface area contributed by atoms with Crippen molar-refractivity contribution in [1.82, 2.24) is 4.98 Å². The minimum atomic E-state index is 0.414. The first-order chi connectivity index (χ1) is 63.8. The van der Waals surface area contributed by atoms with E-state index in [9.17, 15) is 0 Å². The molecule has 3 atom stereocenters. The van der Waals surface area contributed by atoms with E-state index in [0.29, 0.717) is 71.4 Å². The number of nitrogens with zero attached hydrogens (tertiary/aromatic N) is 1. The van der Waals surface area contributed by atoms with Crippen molar-refractivity contribution < 1.29 is 0 Å². The zero-order valence-electron chi connectivity index (χ0n) is 101. The number of pyridine rings is 1. The van der Waals surface area contributed by atoms with Gasteiger partial charge in [0.15, 0.2) is 0 Å². The summed E-state index contributed by atoms with van der Waals surface area (Å²) in [5, 5.41) is 0. The SMILES string of the molecule is CC(C)(C)CCC1CCCCC1.CC(C)(C)CCc1ccccn1.CC(CC(C)(C)C)C1CCCCC1.CC(CC(C)(C)C)c1ccccc1.CCCCC(C)(C)C.Cc1ccc(C(C)CC(C)(C)C)cc1.Cc1ccc(CCC(C)(C)C)c(C)c1.Cc1ccc(CCC(C)(C)C)c(C)c1.Cc1ccc(CCC(C)(C)C)cc1.Cc1cccc(CCC(C)(C)C)c1.Cc1ccccc1CCC(C)(C)C. The molecule has 0 bridgehead atoms. The van der Waals surface area contributed by atoms with E-state index < -0.39 is 0 Å². The Morgan fingerprint density at radius 1 is 0.266 bits per heavy atom. The quantitative estimate of drug-likeness (QED) is 0.0659. The van der Waals surface area contributed by atoms with Crippen LogP contribution in [0.3, 0.4) is 0 Å². The first-order valence-corrected chi connectivity index (χ1v) is 56.1. The summed E-state index contributed by atoms with van der Waals surface area (Å²) in [7, 11) is 0. The Bertz CT molecular complexity index is 4280. The van der Waals surface area contributed by atoms with Gasteiger partial charge in [0, 0.05) is 11.9 Å². The molecule has 2 fully saturated rings. The number of aromatic nitrogens is 1. The lowest BCUT2D eigenvalue weighted by Crippen LogP contribution is -2.20. The van der Waals surface area contributed by atoms with Crippen LogP contribution in [0.2, 0.25) is 0 Å². The highest BCUT2D eigenvalue weighted by atomic mass is 14.7. The lowest BCUT2D eigenvalue weighted by atomic mass is 9.74. The number of hydrogen-bond acceptors (Lipinski definition) is 1. The molecule has 139 heavy (non-hydrogen) atoms. The van der Waals surface area contributed by atoms with Gasteiger partial charge in [-0.05, 0) is 328 Å². The van der Waals surface area contributed by atoms with Crippen LogP contribution < -0.4 is 0 Å². The highest BCUT2D eigenvalue weighted by molar-refractivity contribution is 5.33. The molecule has 0 spiro atoms. The molecule has 2 saturated carbocycles. The van der Waals surface area contributed by atoms with Gasteiger partial charge in [0.05, 0.1) is 0 Å². The molecule has 8 aromatic rings. The summed E-state index contributed by atoms with van der Waals surface area (Å²) in [5.41, 5.74) is 27.8. The predicted molar refractivity (Wildman–Crippen MR) is 633 cm³/mol. The van der Waals surface area contributed by atoms with Crippen LogP contribution in [-0.4, -0.2) is 4.98 Å². The van der Waals surface area contributed by atoms with Crippen LogP contribution in [0, 0.1) is 133 Å². The molecule has 1 aromatic heterocycles. The summed E-state index contributed by atoms with van der Waals surface area (Å²) >= 11 is 0. The van der Waals surface area contributed by atoms with Gasteiger partial charge in [-0.2, -0.15) is 0 Å². The predicted octanol–water partition coefficient (Wildman–Crippen LogP) is 44.6. The van der Waals surface area contributed by atoms with E-state index in [1.165, 1.54) is 275 Å². The van der Waals surface area contributed by atoms with Gasteiger partial charge in [0.1, 0.15) is 0 Å². The second-order valence-corrected chi connectivity index (χ2v) is 56.5. The minimum absolute atomic E-state index is 0.414. The van der Waals surface area contributed by atoms with Crippen LogP contribution in [0.5, 0.6) is 0 Å². The second-order valence-electron chi connectivity index (χ2n) is 56.5. The average molecular weight is 1900 g/mol. The topological polar surface area (TPSA) is 12.9 Å². The normalized spacial score (nSPS) is 14.1. The van der Waals surface area contributed by atoms with Crippen LogP contribution in [0.1, 0.15) is 511 Å². The van der Waals surface area contributed by atoms with Gasteiger partial charge >= 0.3 is 0 Å². The second kappa shape index (κ2) is 65.9. The lowest BCUT2D eigenvalue weighted by Gasteiger charge is -2.32. The van der Waals surface area contributed by atoms with Crippen molar-refractivity contribution in [3.8, 4) is 0 Å². The third-order valence-corrected chi connectivity index (χ3v) is 26.6. The minimum Gasteiger partial charge on any atom is -0.261 e. The third-order valence-electron chi connectivity index (χ3n) is 26.6. The van der Waals surface area contributed by atoms with Crippen LogP contribution in [0.25, 0.3) is 0 Å². The maximum Gasteiger partial charge on any atom is 0.0403 e. The van der Waals surface area contributed by atoms with E-state index >= 15 is 0 Å². The number of benzene rings is 7.